The lowest BCUT2D eigenvalue weighted by molar-refractivity contribution is 0.0945. The van der Waals surface area contributed by atoms with Gasteiger partial charge in [-0.2, -0.15) is 0 Å². The molecule has 0 aliphatic heterocycles. The maximum Gasteiger partial charge on any atom is 0.272 e. The fourth-order valence-corrected chi connectivity index (χ4v) is 2.23. The third-order valence-corrected chi connectivity index (χ3v) is 3.66. The Balaban J connectivity index is 2.06. The van der Waals surface area contributed by atoms with Gasteiger partial charge in [-0.3, -0.25) is 4.79 Å². The first kappa shape index (κ1) is 15.4. The number of hydrogen-bond donors (Lipinski definition) is 2. The second kappa shape index (κ2) is 6.17. The number of halogens is 1. The third-order valence-electron chi connectivity index (χ3n) is 2.54. The maximum absolute atomic E-state index is 11.8. The predicted molar refractivity (Wildman–Crippen MR) is 76.0 cm³/mol. The van der Waals surface area contributed by atoms with Crippen LogP contribution in [0.5, 0.6) is 0 Å². The van der Waals surface area contributed by atoms with Gasteiger partial charge in [0.25, 0.3) is 5.91 Å². The van der Waals surface area contributed by atoms with E-state index < -0.39 is 15.9 Å². The van der Waals surface area contributed by atoms with E-state index in [1.54, 1.807) is 12.1 Å². The van der Waals surface area contributed by atoms with Crippen LogP contribution in [-0.4, -0.2) is 24.5 Å². The molecule has 21 heavy (non-hydrogen) atoms. The van der Waals surface area contributed by atoms with Crippen LogP contribution in [0.3, 0.4) is 0 Å². The molecule has 1 amide bonds. The van der Waals surface area contributed by atoms with Gasteiger partial charge >= 0.3 is 0 Å². The number of nitrogens with one attached hydrogen (secondary N) is 1. The Morgan fingerprint density at radius 2 is 2.00 bits per heavy atom. The lowest BCUT2D eigenvalue weighted by Crippen LogP contribution is -2.24. The van der Waals surface area contributed by atoms with Crippen LogP contribution in [0.2, 0.25) is 5.15 Å². The summed E-state index contributed by atoms with van der Waals surface area (Å²) in [6.07, 6.45) is 0. The van der Waals surface area contributed by atoms with Crippen LogP contribution < -0.4 is 10.5 Å². The minimum Gasteiger partial charge on any atom is -0.347 e. The van der Waals surface area contributed by atoms with E-state index in [1.807, 2.05) is 0 Å². The highest BCUT2D eigenvalue weighted by Crippen LogP contribution is 2.10. The number of sulfonamides is 1. The molecule has 0 saturated heterocycles. The molecule has 0 aliphatic carbocycles. The number of carbonyl (C=O) groups excluding carboxylic acids is 1. The van der Waals surface area contributed by atoms with Gasteiger partial charge in [0.1, 0.15) is 0 Å². The van der Waals surface area contributed by atoms with Crippen molar-refractivity contribution in [3.63, 3.8) is 0 Å². The Hall–Kier alpha value is -2.03. The number of aromatic nitrogens is 2. The molecule has 0 atom stereocenters. The number of primary sulfonamides is 1. The molecule has 0 aliphatic rings. The second-order valence-electron chi connectivity index (χ2n) is 4.12. The first-order valence-electron chi connectivity index (χ1n) is 5.75. The van der Waals surface area contributed by atoms with Crippen molar-refractivity contribution < 1.29 is 13.2 Å². The molecule has 3 N–H and O–H groups in total. The minimum atomic E-state index is -3.77. The highest BCUT2D eigenvalue weighted by atomic mass is 35.5. The van der Waals surface area contributed by atoms with Crippen LogP contribution >= 0.6 is 11.6 Å². The van der Waals surface area contributed by atoms with Crippen molar-refractivity contribution in [2.75, 3.05) is 0 Å². The Kier molecular flexibility index (Phi) is 4.51. The summed E-state index contributed by atoms with van der Waals surface area (Å²) in [5.41, 5.74) is 0.707. The summed E-state index contributed by atoms with van der Waals surface area (Å²) in [6, 6.07) is 8.87. The Morgan fingerprint density at radius 3 is 2.62 bits per heavy atom. The Labute approximate surface area is 126 Å². The summed E-state index contributed by atoms with van der Waals surface area (Å²) in [5, 5.41) is 15.0. The molecule has 9 heteroatoms. The first-order valence-corrected chi connectivity index (χ1v) is 7.68. The van der Waals surface area contributed by atoms with E-state index in [1.165, 1.54) is 24.3 Å². The molecule has 1 aromatic heterocycles. The molecule has 0 fully saturated rings. The normalized spacial score (nSPS) is 11.1. The maximum atomic E-state index is 11.8. The average Bonchev–Trinajstić information content (AvgIpc) is 2.45. The molecule has 7 nitrogen and oxygen atoms in total. The fourth-order valence-electron chi connectivity index (χ4n) is 1.54. The molecule has 2 aromatic rings. The molecule has 0 saturated carbocycles. The van der Waals surface area contributed by atoms with E-state index in [0.717, 1.165) is 0 Å². The molecular formula is C12H11ClN4O3S. The van der Waals surface area contributed by atoms with Gasteiger partial charge in [-0.1, -0.05) is 23.7 Å². The van der Waals surface area contributed by atoms with Crippen LogP contribution in [0.15, 0.2) is 41.3 Å². The van der Waals surface area contributed by atoms with Gasteiger partial charge in [0.15, 0.2) is 10.8 Å². The predicted octanol–water partition coefficient (Wildman–Crippen LogP) is 0.707. The zero-order chi connectivity index (χ0) is 15.5. The van der Waals surface area contributed by atoms with Crippen LogP contribution in [0.25, 0.3) is 0 Å². The number of rotatable bonds is 4. The van der Waals surface area contributed by atoms with E-state index in [0.29, 0.717) is 5.56 Å². The number of nitrogens with two attached hydrogens (primary N) is 1. The molecule has 0 radical (unpaired) electrons. The second-order valence-corrected chi connectivity index (χ2v) is 6.07. The van der Waals surface area contributed by atoms with Crippen molar-refractivity contribution in [3.8, 4) is 0 Å². The molecule has 110 valence electrons. The van der Waals surface area contributed by atoms with Gasteiger partial charge < -0.3 is 5.32 Å². The van der Waals surface area contributed by atoms with Crippen LogP contribution in [0.4, 0.5) is 0 Å². The molecular weight excluding hydrogens is 316 g/mol. The van der Waals surface area contributed by atoms with Gasteiger partial charge in [-0.05, 0) is 29.8 Å². The van der Waals surface area contributed by atoms with Gasteiger partial charge in [-0.25, -0.2) is 13.6 Å². The molecule has 0 bridgehead atoms. The molecule has 1 aromatic carbocycles. The smallest absolute Gasteiger partial charge is 0.272 e. The van der Waals surface area contributed by atoms with E-state index in [9.17, 15) is 13.2 Å². The monoisotopic (exact) mass is 326 g/mol. The van der Waals surface area contributed by atoms with Gasteiger partial charge in [0.05, 0.1) is 4.90 Å². The van der Waals surface area contributed by atoms with Gasteiger partial charge in [0.2, 0.25) is 10.0 Å². The number of carbonyl (C=O) groups is 1. The SMILES string of the molecule is NS(=O)(=O)c1cccc(CNC(=O)c2ccc(Cl)nn2)c1. The zero-order valence-corrected chi connectivity index (χ0v) is 12.2. The fraction of sp³-hybridized carbons (Fsp3) is 0.0833. The minimum absolute atomic E-state index is 0.0134. The van der Waals surface area contributed by atoms with Crippen molar-refractivity contribution >= 4 is 27.5 Å². The summed E-state index contributed by atoms with van der Waals surface area (Å²) in [4.78, 5) is 11.8. The van der Waals surface area contributed by atoms with Crippen LogP contribution in [-0.2, 0) is 16.6 Å². The molecule has 1 heterocycles. The van der Waals surface area contributed by atoms with E-state index in [-0.39, 0.29) is 22.3 Å². The van der Waals surface area contributed by atoms with E-state index in [4.69, 9.17) is 16.7 Å². The molecule has 0 spiro atoms. The largest absolute Gasteiger partial charge is 0.347 e. The molecule has 2 rings (SSSR count). The summed E-state index contributed by atoms with van der Waals surface area (Å²) in [6.45, 7) is 0.131. The standard InChI is InChI=1S/C12H11ClN4O3S/c13-11-5-4-10(16-17-11)12(18)15-7-8-2-1-3-9(6-8)21(14,19)20/h1-6H,7H2,(H,15,18)(H2,14,19,20). The van der Waals surface area contributed by atoms with Crippen molar-refractivity contribution in [2.45, 2.75) is 11.4 Å². The Morgan fingerprint density at radius 1 is 1.24 bits per heavy atom. The zero-order valence-electron chi connectivity index (χ0n) is 10.7. The van der Waals surface area contributed by atoms with Gasteiger partial charge in [0, 0.05) is 6.54 Å². The van der Waals surface area contributed by atoms with Crippen molar-refractivity contribution in [1.29, 1.82) is 0 Å². The number of hydrogen-bond acceptors (Lipinski definition) is 5. The van der Waals surface area contributed by atoms with Crippen molar-refractivity contribution in [1.82, 2.24) is 15.5 Å². The summed E-state index contributed by atoms with van der Waals surface area (Å²) >= 11 is 5.58. The van der Waals surface area contributed by atoms with Gasteiger partial charge in [-0.15, -0.1) is 10.2 Å². The molecule has 0 unspecified atom stereocenters. The van der Waals surface area contributed by atoms with Crippen molar-refractivity contribution in [2.24, 2.45) is 5.14 Å². The highest BCUT2D eigenvalue weighted by molar-refractivity contribution is 7.89. The van der Waals surface area contributed by atoms with Crippen molar-refractivity contribution in [3.05, 3.63) is 52.8 Å². The van der Waals surface area contributed by atoms with E-state index >= 15 is 0 Å². The quantitative estimate of drug-likeness (QED) is 0.858. The number of benzene rings is 1. The average molecular weight is 327 g/mol. The summed E-state index contributed by atoms with van der Waals surface area (Å²) in [7, 11) is -3.77. The van der Waals surface area contributed by atoms with Crippen LogP contribution in [0.1, 0.15) is 16.1 Å². The van der Waals surface area contributed by atoms with Crippen LogP contribution in [0, 0.1) is 0 Å². The number of nitrogens with zero attached hydrogens (tertiary/aromatic N) is 2. The lowest BCUT2D eigenvalue weighted by atomic mass is 10.2. The first-order chi connectivity index (χ1) is 9.86. The summed E-state index contributed by atoms with van der Waals surface area (Å²) < 4.78 is 22.5. The lowest BCUT2D eigenvalue weighted by Gasteiger charge is -2.06. The number of amides is 1. The Bertz CT molecular complexity index is 762. The highest BCUT2D eigenvalue weighted by Gasteiger charge is 2.10. The summed E-state index contributed by atoms with van der Waals surface area (Å²) in [5.74, 6) is -0.444. The third kappa shape index (κ3) is 4.22. The topological polar surface area (TPSA) is 115 Å². The van der Waals surface area contributed by atoms with E-state index in [2.05, 4.69) is 15.5 Å².